The van der Waals surface area contributed by atoms with E-state index in [4.69, 9.17) is 11.6 Å². The minimum Gasteiger partial charge on any atom is -0.353 e. The van der Waals surface area contributed by atoms with Crippen molar-refractivity contribution >= 4 is 17.4 Å². The Labute approximate surface area is 134 Å². The largest absolute Gasteiger partial charge is 0.353 e. The van der Waals surface area contributed by atoms with Gasteiger partial charge in [0.2, 0.25) is 0 Å². The van der Waals surface area contributed by atoms with Crippen molar-refractivity contribution in [2.24, 2.45) is 0 Å². The Kier molecular flexibility index (Phi) is 4.45. The van der Waals surface area contributed by atoms with E-state index < -0.39 is 0 Å². The highest BCUT2D eigenvalue weighted by molar-refractivity contribution is 6.30. The van der Waals surface area contributed by atoms with E-state index >= 15 is 0 Å². The molecule has 2 heterocycles. The molecule has 116 valence electrons. The molecular weight excluding hydrogens is 300 g/mol. The summed E-state index contributed by atoms with van der Waals surface area (Å²) in [7, 11) is 0. The van der Waals surface area contributed by atoms with Crippen LogP contribution in [-0.2, 0) is 0 Å². The topological polar surface area (TPSA) is 52.2 Å². The number of aromatic nitrogens is 2. The molecule has 1 aromatic heterocycles. The lowest BCUT2D eigenvalue weighted by Gasteiger charge is -2.38. The standard InChI is InChI=1S/C16H19ClN4O/c1-12(13-3-2-4-14(17)11-13)20-7-9-21(10-8-20)15-5-6-16(22)19-18-15/h2-6,11-12H,7-10H2,1H3,(H,19,22). The van der Waals surface area contributed by atoms with E-state index in [1.165, 1.54) is 11.6 Å². The van der Waals surface area contributed by atoms with E-state index in [0.717, 1.165) is 37.0 Å². The van der Waals surface area contributed by atoms with Crippen molar-refractivity contribution < 1.29 is 0 Å². The van der Waals surface area contributed by atoms with Gasteiger partial charge < -0.3 is 4.90 Å². The third-order valence-electron chi connectivity index (χ3n) is 4.18. The molecule has 22 heavy (non-hydrogen) atoms. The number of aromatic amines is 1. The number of piperazine rings is 1. The molecule has 6 heteroatoms. The second-order valence-electron chi connectivity index (χ2n) is 5.53. The number of hydrogen-bond acceptors (Lipinski definition) is 4. The molecule has 0 bridgehead atoms. The number of hydrogen-bond donors (Lipinski definition) is 1. The smallest absolute Gasteiger partial charge is 0.264 e. The first kappa shape index (κ1) is 15.1. The van der Waals surface area contributed by atoms with Gasteiger partial charge in [-0.2, -0.15) is 5.10 Å². The van der Waals surface area contributed by atoms with Crippen LogP contribution in [0.1, 0.15) is 18.5 Å². The molecule has 0 radical (unpaired) electrons. The molecule has 1 fully saturated rings. The number of benzene rings is 1. The van der Waals surface area contributed by atoms with E-state index in [1.807, 2.05) is 18.2 Å². The maximum absolute atomic E-state index is 11.1. The van der Waals surface area contributed by atoms with E-state index in [9.17, 15) is 4.79 Å². The Bertz CT molecular complexity index is 674. The van der Waals surface area contributed by atoms with Crippen LogP contribution in [0.4, 0.5) is 5.82 Å². The van der Waals surface area contributed by atoms with Gasteiger partial charge in [0.25, 0.3) is 5.56 Å². The van der Waals surface area contributed by atoms with E-state index in [-0.39, 0.29) is 5.56 Å². The van der Waals surface area contributed by atoms with E-state index in [1.54, 1.807) is 6.07 Å². The predicted octanol–water partition coefficient (Wildman–Crippen LogP) is 2.31. The fourth-order valence-electron chi connectivity index (χ4n) is 2.83. The van der Waals surface area contributed by atoms with Crippen LogP contribution in [0.3, 0.4) is 0 Å². The maximum atomic E-state index is 11.1. The average molecular weight is 319 g/mol. The summed E-state index contributed by atoms with van der Waals surface area (Å²) in [5.74, 6) is 0.828. The molecule has 2 aromatic rings. The van der Waals surface area contributed by atoms with Crippen LogP contribution in [0.25, 0.3) is 0 Å². The quantitative estimate of drug-likeness (QED) is 0.943. The van der Waals surface area contributed by atoms with Gasteiger partial charge in [0, 0.05) is 43.3 Å². The van der Waals surface area contributed by atoms with Crippen LogP contribution in [0.2, 0.25) is 5.02 Å². The molecule has 3 rings (SSSR count). The zero-order chi connectivity index (χ0) is 15.5. The van der Waals surface area contributed by atoms with Gasteiger partial charge in [-0.1, -0.05) is 23.7 Å². The van der Waals surface area contributed by atoms with E-state index in [2.05, 4.69) is 33.0 Å². The highest BCUT2D eigenvalue weighted by Crippen LogP contribution is 2.24. The molecule has 0 amide bonds. The number of H-pyrrole nitrogens is 1. The summed E-state index contributed by atoms with van der Waals surface area (Å²) in [4.78, 5) is 15.7. The SMILES string of the molecule is CC(c1cccc(Cl)c1)N1CCN(c2ccc(=O)[nH]n2)CC1. The lowest BCUT2D eigenvalue weighted by Crippen LogP contribution is -2.47. The summed E-state index contributed by atoms with van der Waals surface area (Å²) in [5, 5.41) is 7.36. The van der Waals surface area contributed by atoms with Crippen molar-refractivity contribution in [1.82, 2.24) is 15.1 Å². The minimum absolute atomic E-state index is 0.169. The van der Waals surface area contributed by atoms with Crippen molar-refractivity contribution in [3.05, 3.63) is 57.3 Å². The summed E-state index contributed by atoms with van der Waals surface area (Å²) in [6.45, 7) is 5.90. The van der Waals surface area contributed by atoms with E-state index in [0.29, 0.717) is 6.04 Å². The van der Waals surface area contributed by atoms with Crippen LogP contribution in [0.15, 0.2) is 41.2 Å². The first-order valence-electron chi connectivity index (χ1n) is 7.44. The fraction of sp³-hybridized carbons (Fsp3) is 0.375. The molecule has 5 nitrogen and oxygen atoms in total. The molecule has 0 aliphatic carbocycles. The molecule has 1 atom stereocenters. The molecule has 1 aromatic carbocycles. The highest BCUT2D eigenvalue weighted by Gasteiger charge is 2.22. The first-order chi connectivity index (χ1) is 10.6. The minimum atomic E-state index is -0.169. The molecule has 1 unspecified atom stereocenters. The third-order valence-corrected chi connectivity index (χ3v) is 4.42. The molecule has 1 saturated heterocycles. The molecule has 1 N–H and O–H groups in total. The van der Waals surface area contributed by atoms with Crippen molar-refractivity contribution in [3.8, 4) is 0 Å². The van der Waals surface area contributed by atoms with Crippen molar-refractivity contribution in [3.63, 3.8) is 0 Å². The Balaban J connectivity index is 1.64. The second kappa shape index (κ2) is 6.50. The number of anilines is 1. The number of rotatable bonds is 3. The van der Waals surface area contributed by atoms with Gasteiger partial charge in [-0.3, -0.25) is 9.69 Å². The van der Waals surface area contributed by atoms with Gasteiger partial charge in [-0.05, 0) is 30.7 Å². The van der Waals surface area contributed by atoms with Gasteiger partial charge in [0.05, 0.1) is 0 Å². The van der Waals surface area contributed by atoms with Gasteiger partial charge in [-0.25, -0.2) is 5.10 Å². The van der Waals surface area contributed by atoms with Crippen LogP contribution in [-0.4, -0.2) is 41.3 Å². The number of nitrogens with one attached hydrogen (secondary N) is 1. The zero-order valence-electron chi connectivity index (χ0n) is 12.5. The van der Waals surface area contributed by atoms with Crippen molar-refractivity contribution in [1.29, 1.82) is 0 Å². The van der Waals surface area contributed by atoms with Crippen LogP contribution in [0.5, 0.6) is 0 Å². The maximum Gasteiger partial charge on any atom is 0.264 e. The lowest BCUT2D eigenvalue weighted by atomic mass is 10.1. The van der Waals surface area contributed by atoms with Gasteiger partial charge in [0.15, 0.2) is 0 Å². The Morgan fingerprint density at radius 1 is 1.18 bits per heavy atom. The van der Waals surface area contributed by atoms with Crippen LogP contribution >= 0.6 is 11.6 Å². The summed E-state index contributed by atoms with van der Waals surface area (Å²) >= 11 is 6.08. The fourth-order valence-corrected chi connectivity index (χ4v) is 3.03. The summed E-state index contributed by atoms with van der Waals surface area (Å²) in [5.41, 5.74) is 1.07. The normalized spacial score (nSPS) is 17.5. The number of halogens is 1. The summed E-state index contributed by atoms with van der Waals surface area (Å²) in [6.07, 6.45) is 0. The molecular formula is C16H19ClN4O. The molecule has 0 spiro atoms. The van der Waals surface area contributed by atoms with Crippen LogP contribution in [0, 0.1) is 0 Å². The molecule has 1 aliphatic heterocycles. The van der Waals surface area contributed by atoms with Gasteiger partial charge in [-0.15, -0.1) is 0 Å². The summed E-state index contributed by atoms with van der Waals surface area (Å²) in [6, 6.07) is 11.7. The van der Waals surface area contributed by atoms with Crippen molar-refractivity contribution in [2.75, 3.05) is 31.1 Å². The Morgan fingerprint density at radius 2 is 1.95 bits per heavy atom. The Hall–Kier alpha value is -1.85. The molecule has 1 aliphatic rings. The van der Waals surface area contributed by atoms with Crippen molar-refractivity contribution in [2.45, 2.75) is 13.0 Å². The first-order valence-corrected chi connectivity index (χ1v) is 7.81. The third kappa shape index (κ3) is 3.31. The van der Waals surface area contributed by atoms with Gasteiger partial charge >= 0.3 is 0 Å². The average Bonchev–Trinajstić information content (AvgIpc) is 2.55. The monoisotopic (exact) mass is 318 g/mol. The molecule has 0 saturated carbocycles. The predicted molar refractivity (Wildman–Crippen MR) is 88.5 cm³/mol. The number of nitrogens with zero attached hydrogens (tertiary/aromatic N) is 3. The summed E-state index contributed by atoms with van der Waals surface area (Å²) < 4.78 is 0. The van der Waals surface area contributed by atoms with Gasteiger partial charge in [0.1, 0.15) is 5.82 Å². The Morgan fingerprint density at radius 3 is 2.59 bits per heavy atom. The van der Waals surface area contributed by atoms with Crippen LogP contribution < -0.4 is 10.5 Å². The zero-order valence-corrected chi connectivity index (χ0v) is 13.3. The second-order valence-corrected chi connectivity index (χ2v) is 5.97. The highest BCUT2D eigenvalue weighted by atomic mass is 35.5. The lowest BCUT2D eigenvalue weighted by molar-refractivity contribution is 0.198.